The topological polar surface area (TPSA) is 37.3 Å². The summed E-state index contributed by atoms with van der Waals surface area (Å²) in [4.78, 5) is 8.33. The van der Waals surface area contributed by atoms with Gasteiger partial charge in [0.1, 0.15) is 0 Å². The molecule has 4 heteroatoms. The lowest BCUT2D eigenvalue weighted by Crippen LogP contribution is -1.69. The van der Waals surface area contributed by atoms with Gasteiger partial charge < -0.3 is 5.11 Å². The maximum absolute atomic E-state index is 9.92. The van der Waals surface area contributed by atoms with Crippen molar-refractivity contribution in [2.75, 3.05) is 0 Å². The van der Waals surface area contributed by atoms with Crippen molar-refractivity contribution in [3.05, 3.63) is 0 Å². The zero-order valence-corrected chi connectivity index (χ0v) is 4.47. The summed E-state index contributed by atoms with van der Waals surface area (Å²) in [6.45, 7) is 0. The molecule has 1 N–H and O–H groups in total. The van der Waals surface area contributed by atoms with Crippen LogP contribution >= 0.6 is 24.0 Å². The molecule has 0 rings (SSSR count). The van der Waals surface area contributed by atoms with Crippen LogP contribution in [0.25, 0.3) is 0 Å². The SMILES string of the molecule is I.O=C(O)F. The Kier molecular flexibility index (Phi) is 7.38. The molecule has 0 radical (unpaired) electrons. The van der Waals surface area contributed by atoms with Gasteiger partial charge in [-0.3, -0.25) is 0 Å². The Morgan fingerprint density at radius 2 is 1.80 bits per heavy atom. The molecule has 0 fully saturated rings. The highest BCUT2D eigenvalue weighted by molar-refractivity contribution is 14.0. The molecular weight excluding hydrogens is 190 g/mol. The largest absolute Gasteiger partial charge is 0.492 e. The van der Waals surface area contributed by atoms with E-state index in [0.29, 0.717) is 0 Å². The summed E-state index contributed by atoms with van der Waals surface area (Å²) in [5.74, 6) is 0. The third-order valence-electron chi connectivity index (χ3n) is 0. The molecule has 32 valence electrons. The fourth-order valence-corrected chi connectivity index (χ4v) is 0. The van der Waals surface area contributed by atoms with Crippen LogP contribution in [0.3, 0.4) is 0 Å². The monoisotopic (exact) mass is 192 g/mol. The number of carbonyl (C=O) groups is 1. The Morgan fingerprint density at radius 3 is 1.80 bits per heavy atom. The average Bonchev–Trinajstić information content (AvgIpc) is 0.811. The normalized spacial score (nSPS) is 5.00. The molecule has 0 bridgehead atoms. The van der Waals surface area contributed by atoms with Gasteiger partial charge in [-0.15, -0.1) is 28.4 Å². The van der Waals surface area contributed by atoms with E-state index >= 15 is 0 Å². The summed E-state index contributed by atoms with van der Waals surface area (Å²) in [6.07, 6.45) is -2.33. The maximum Gasteiger partial charge on any atom is 0.492 e. The van der Waals surface area contributed by atoms with E-state index in [4.69, 9.17) is 9.90 Å². The molecule has 0 aromatic carbocycles. The lowest BCUT2D eigenvalue weighted by molar-refractivity contribution is 0.169. The van der Waals surface area contributed by atoms with Gasteiger partial charge in [0, 0.05) is 0 Å². The van der Waals surface area contributed by atoms with Crippen LogP contribution in [0.5, 0.6) is 0 Å². The van der Waals surface area contributed by atoms with Crippen molar-refractivity contribution >= 4 is 30.2 Å². The van der Waals surface area contributed by atoms with E-state index < -0.39 is 6.22 Å². The van der Waals surface area contributed by atoms with Crippen molar-refractivity contribution in [1.82, 2.24) is 0 Å². The van der Waals surface area contributed by atoms with Crippen LogP contribution in [0.2, 0.25) is 0 Å². The molecule has 0 saturated heterocycles. The first-order valence-electron chi connectivity index (χ1n) is 0.617. The van der Waals surface area contributed by atoms with Gasteiger partial charge in [0.15, 0.2) is 0 Å². The van der Waals surface area contributed by atoms with E-state index in [1.807, 2.05) is 0 Å². The molecule has 0 heterocycles. The fourth-order valence-electron chi connectivity index (χ4n) is 0. The Hall–Kier alpha value is 0.130. The minimum atomic E-state index is -2.33. The van der Waals surface area contributed by atoms with Crippen molar-refractivity contribution in [3.8, 4) is 0 Å². The van der Waals surface area contributed by atoms with Crippen LogP contribution < -0.4 is 0 Å². The predicted octanol–water partition coefficient (Wildman–Crippen LogP) is 1.25. The molecule has 5 heavy (non-hydrogen) atoms. The molecule has 0 aromatic rings. The first kappa shape index (κ1) is 8.93. The van der Waals surface area contributed by atoms with Crippen molar-refractivity contribution in [3.63, 3.8) is 0 Å². The van der Waals surface area contributed by atoms with Gasteiger partial charge in [-0.2, -0.15) is 0 Å². The van der Waals surface area contributed by atoms with Gasteiger partial charge >= 0.3 is 6.22 Å². The molecule has 0 atom stereocenters. The number of halogens is 2. The van der Waals surface area contributed by atoms with Gasteiger partial charge in [0.05, 0.1) is 0 Å². The molecule has 0 aliphatic heterocycles. The Labute approximate surface area is 45.0 Å². The van der Waals surface area contributed by atoms with Crippen LogP contribution in [0.4, 0.5) is 9.18 Å². The lowest BCUT2D eigenvalue weighted by atomic mass is 11.5. The summed E-state index contributed by atoms with van der Waals surface area (Å²) in [6, 6.07) is 0. The molecular formula is CH2FIO2. The van der Waals surface area contributed by atoms with E-state index in [1.54, 1.807) is 0 Å². The Balaban J connectivity index is 0. The van der Waals surface area contributed by atoms with E-state index in [9.17, 15) is 4.39 Å². The first-order chi connectivity index (χ1) is 1.73. The quantitative estimate of drug-likeness (QED) is 0.463. The second-order valence-corrected chi connectivity index (χ2v) is 0.253. The molecule has 0 aliphatic carbocycles. The van der Waals surface area contributed by atoms with E-state index in [2.05, 4.69) is 0 Å². The van der Waals surface area contributed by atoms with Crippen LogP contribution in [0.1, 0.15) is 0 Å². The zero-order valence-electron chi connectivity index (χ0n) is 2.14. The maximum atomic E-state index is 9.92. The second-order valence-electron chi connectivity index (χ2n) is 0.253. The molecule has 0 spiro atoms. The van der Waals surface area contributed by atoms with Crippen molar-refractivity contribution in [2.45, 2.75) is 0 Å². The van der Waals surface area contributed by atoms with Crippen LogP contribution in [-0.4, -0.2) is 11.3 Å². The highest BCUT2D eigenvalue weighted by Crippen LogP contribution is 1.58. The minimum absolute atomic E-state index is 0. The number of hydrogen-bond donors (Lipinski definition) is 1. The highest BCUT2D eigenvalue weighted by atomic mass is 127. The van der Waals surface area contributed by atoms with Gasteiger partial charge in [-0.1, -0.05) is 0 Å². The van der Waals surface area contributed by atoms with Gasteiger partial charge in [0.2, 0.25) is 0 Å². The highest BCUT2D eigenvalue weighted by Gasteiger charge is 1.74. The molecule has 0 saturated carbocycles. The molecule has 0 aromatic heterocycles. The van der Waals surface area contributed by atoms with Crippen LogP contribution in [-0.2, 0) is 0 Å². The van der Waals surface area contributed by atoms with Crippen LogP contribution in [0.15, 0.2) is 0 Å². The average molecular weight is 192 g/mol. The van der Waals surface area contributed by atoms with E-state index in [-0.39, 0.29) is 24.0 Å². The molecule has 0 unspecified atom stereocenters. The summed E-state index contributed by atoms with van der Waals surface area (Å²) < 4.78 is 9.92. The van der Waals surface area contributed by atoms with Crippen molar-refractivity contribution in [1.29, 1.82) is 0 Å². The number of carboxylic acid groups (broad SMARTS) is 1. The van der Waals surface area contributed by atoms with E-state index in [1.165, 1.54) is 0 Å². The smallest absolute Gasteiger partial charge is 0.456 e. The van der Waals surface area contributed by atoms with Crippen molar-refractivity contribution < 1.29 is 14.3 Å². The second kappa shape index (κ2) is 4.13. The minimum Gasteiger partial charge on any atom is -0.456 e. The lowest BCUT2D eigenvalue weighted by Gasteiger charge is -1.53. The molecule has 0 aliphatic rings. The molecule has 0 amide bonds. The molecule has 2 nitrogen and oxygen atoms in total. The third kappa shape index (κ3) is 1110. The summed E-state index contributed by atoms with van der Waals surface area (Å²) in [5.41, 5.74) is 0. The standard InChI is InChI=1S/CHFO2.HI/c2-1(3)4;/h(H,3,4);1H. The number of hydrogen-bond acceptors (Lipinski definition) is 1. The van der Waals surface area contributed by atoms with Crippen LogP contribution in [0, 0.1) is 0 Å². The zero-order chi connectivity index (χ0) is 3.58. The van der Waals surface area contributed by atoms with Crippen molar-refractivity contribution in [2.24, 2.45) is 0 Å². The first-order valence-corrected chi connectivity index (χ1v) is 0.617. The Bertz CT molecular complexity index is 32.6. The number of rotatable bonds is 0. The van der Waals surface area contributed by atoms with E-state index in [0.717, 1.165) is 0 Å². The summed E-state index contributed by atoms with van der Waals surface area (Å²) >= 11 is 0. The van der Waals surface area contributed by atoms with Gasteiger partial charge in [0.25, 0.3) is 0 Å². The predicted molar refractivity (Wildman–Crippen MR) is 24.5 cm³/mol. The summed E-state index contributed by atoms with van der Waals surface area (Å²) in [5, 5.41) is 6.75. The third-order valence-corrected chi connectivity index (χ3v) is 0. The fraction of sp³-hybridized carbons (Fsp3) is 0. The Morgan fingerprint density at radius 1 is 1.80 bits per heavy atom. The summed E-state index contributed by atoms with van der Waals surface area (Å²) in [7, 11) is 0. The van der Waals surface area contributed by atoms with Gasteiger partial charge in [-0.25, -0.2) is 4.79 Å². The van der Waals surface area contributed by atoms with Gasteiger partial charge in [-0.05, 0) is 0 Å².